The van der Waals surface area contributed by atoms with E-state index in [1.165, 1.54) is 17.7 Å². The van der Waals surface area contributed by atoms with Crippen LogP contribution in [0.15, 0.2) is 18.2 Å². The number of nitrogens with one attached hydrogen (secondary N) is 1. The molecule has 0 spiro atoms. The molecule has 1 N–H and O–H groups in total. The third-order valence-electron chi connectivity index (χ3n) is 4.34. The number of hydrogen-bond donors (Lipinski definition) is 1. The summed E-state index contributed by atoms with van der Waals surface area (Å²) in [7, 11) is 0. The van der Waals surface area contributed by atoms with Crippen molar-refractivity contribution in [3.05, 3.63) is 28.8 Å². The Morgan fingerprint density at radius 3 is 2.84 bits per heavy atom. The molecule has 1 aliphatic heterocycles. The third-order valence-corrected chi connectivity index (χ3v) is 4.65. The van der Waals surface area contributed by atoms with Crippen molar-refractivity contribution >= 4 is 17.3 Å². The summed E-state index contributed by atoms with van der Waals surface area (Å²) < 4.78 is 0. The Morgan fingerprint density at radius 1 is 1.47 bits per heavy atom. The summed E-state index contributed by atoms with van der Waals surface area (Å²) in [4.78, 5) is 2.45. The predicted molar refractivity (Wildman–Crippen MR) is 84.2 cm³/mol. The minimum Gasteiger partial charge on any atom is -0.365 e. The lowest BCUT2D eigenvalue weighted by Crippen LogP contribution is -2.57. The molecule has 106 valence electrons. The zero-order chi connectivity index (χ0) is 14.0. The molecule has 3 heteroatoms. The van der Waals surface area contributed by atoms with E-state index in [1.807, 2.05) is 0 Å². The van der Waals surface area contributed by atoms with E-state index in [9.17, 15) is 0 Å². The molecule has 3 unspecified atom stereocenters. The Balaban J connectivity index is 2.21. The standard InChI is InChI=1S/C16H25ClN2/c1-5-12(3)15-10-19(13(4)9-18-15)16-7-6-11(2)8-14(16)17/h6-8,12-13,15,18H,5,9-10H2,1-4H3. The van der Waals surface area contributed by atoms with E-state index < -0.39 is 0 Å². The van der Waals surface area contributed by atoms with Gasteiger partial charge in [0.25, 0.3) is 0 Å². The summed E-state index contributed by atoms with van der Waals surface area (Å²) in [6, 6.07) is 7.41. The molecule has 1 fully saturated rings. The third kappa shape index (κ3) is 3.24. The molecule has 2 nitrogen and oxygen atoms in total. The van der Waals surface area contributed by atoms with Crippen LogP contribution in [-0.4, -0.2) is 25.2 Å². The average molecular weight is 281 g/mol. The highest BCUT2D eigenvalue weighted by atomic mass is 35.5. The van der Waals surface area contributed by atoms with E-state index in [1.54, 1.807) is 0 Å². The van der Waals surface area contributed by atoms with Crippen LogP contribution in [0.25, 0.3) is 0 Å². The topological polar surface area (TPSA) is 15.3 Å². The fourth-order valence-corrected chi connectivity index (χ4v) is 3.08. The van der Waals surface area contributed by atoms with Gasteiger partial charge in [-0.1, -0.05) is 37.9 Å². The van der Waals surface area contributed by atoms with Gasteiger partial charge in [-0.3, -0.25) is 0 Å². The molecule has 1 aliphatic rings. The first kappa shape index (κ1) is 14.7. The van der Waals surface area contributed by atoms with E-state index >= 15 is 0 Å². The molecule has 3 atom stereocenters. The lowest BCUT2D eigenvalue weighted by Gasteiger charge is -2.42. The van der Waals surface area contributed by atoms with E-state index in [0.717, 1.165) is 18.1 Å². The molecule has 0 amide bonds. The van der Waals surface area contributed by atoms with Gasteiger partial charge in [-0.25, -0.2) is 0 Å². The van der Waals surface area contributed by atoms with Gasteiger partial charge in [0.2, 0.25) is 0 Å². The zero-order valence-corrected chi connectivity index (χ0v) is 13.2. The smallest absolute Gasteiger partial charge is 0.0642 e. The largest absolute Gasteiger partial charge is 0.365 e. The number of hydrogen-bond acceptors (Lipinski definition) is 2. The number of halogens is 1. The summed E-state index contributed by atoms with van der Waals surface area (Å²) in [6.07, 6.45) is 1.21. The van der Waals surface area contributed by atoms with Crippen LogP contribution in [0, 0.1) is 12.8 Å². The second kappa shape index (κ2) is 6.15. The van der Waals surface area contributed by atoms with Crippen LogP contribution in [0.3, 0.4) is 0 Å². The zero-order valence-electron chi connectivity index (χ0n) is 12.4. The van der Waals surface area contributed by atoms with E-state index in [-0.39, 0.29) is 0 Å². The number of rotatable bonds is 3. The normalized spacial score (nSPS) is 25.4. The Morgan fingerprint density at radius 2 is 2.21 bits per heavy atom. The summed E-state index contributed by atoms with van der Waals surface area (Å²) in [6.45, 7) is 11.0. The molecule has 1 aromatic carbocycles. The van der Waals surface area contributed by atoms with Gasteiger partial charge in [0.1, 0.15) is 0 Å². The maximum atomic E-state index is 6.43. The number of nitrogens with zero attached hydrogens (tertiary/aromatic N) is 1. The van der Waals surface area contributed by atoms with Crippen molar-refractivity contribution < 1.29 is 0 Å². The molecule has 19 heavy (non-hydrogen) atoms. The second-order valence-corrected chi connectivity index (χ2v) is 6.26. The lowest BCUT2D eigenvalue weighted by atomic mass is 9.95. The second-order valence-electron chi connectivity index (χ2n) is 5.86. The number of anilines is 1. The van der Waals surface area contributed by atoms with E-state index in [4.69, 9.17) is 11.6 Å². The Bertz CT molecular complexity index is 433. The number of aryl methyl sites for hydroxylation is 1. The fraction of sp³-hybridized carbons (Fsp3) is 0.625. The molecule has 0 radical (unpaired) electrons. The maximum absolute atomic E-state index is 6.43. The fourth-order valence-electron chi connectivity index (χ4n) is 2.73. The Hall–Kier alpha value is -0.730. The van der Waals surface area contributed by atoms with Crippen LogP contribution in [0.5, 0.6) is 0 Å². The van der Waals surface area contributed by atoms with Crippen molar-refractivity contribution in [2.45, 2.75) is 46.2 Å². The molecular weight excluding hydrogens is 256 g/mol. The van der Waals surface area contributed by atoms with Crippen LogP contribution in [0.2, 0.25) is 5.02 Å². The number of piperazine rings is 1. The van der Waals surface area contributed by atoms with Crippen LogP contribution >= 0.6 is 11.6 Å². The average Bonchev–Trinajstić information content (AvgIpc) is 2.39. The molecule has 1 heterocycles. The molecule has 0 saturated carbocycles. The van der Waals surface area contributed by atoms with Gasteiger partial charge in [-0.15, -0.1) is 0 Å². The number of benzene rings is 1. The molecule has 0 aliphatic carbocycles. The molecule has 0 aromatic heterocycles. The maximum Gasteiger partial charge on any atom is 0.0642 e. The highest BCUT2D eigenvalue weighted by Gasteiger charge is 2.28. The first-order valence-electron chi connectivity index (χ1n) is 7.29. The first-order valence-corrected chi connectivity index (χ1v) is 7.67. The van der Waals surface area contributed by atoms with Gasteiger partial charge in [-0.05, 0) is 37.5 Å². The van der Waals surface area contributed by atoms with Crippen molar-refractivity contribution in [2.24, 2.45) is 5.92 Å². The summed E-state index contributed by atoms with van der Waals surface area (Å²) in [5, 5.41) is 4.54. The minimum absolute atomic E-state index is 0.487. The van der Waals surface area contributed by atoms with Crippen LogP contribution in [0.4, 0.5) is 5.69 Å². The van der Waals surface area contributed by atoms with E-state index in [2.05, 4.69) is 56.1 Å². The van der Waals surface area contributed by atoms with Crippen molar-refractivity contribution in [1.82, 2.24) is 5.32 Å². The van der Waals surface area contributed by atoms with Crippen molar-refractivity contribution in [1.29, 1.82) is 0 Å². The van der Waals surface area contributed by atoms with Crippen LogP contribution < -0.4 is 10.2 Å². The van der Waals surface area contributed by atoms with Gasteiger partial charge in [0.15, 0.2) is 0 Å². The van der Waals surface area contributed by atoms with Gasteiger partial charge >= 0.3 is 0 Å². The van der Waals surface area contributed by atoms with Crippen LogP contribution in [0.1, 0.15) is 32.8 Å². The minimum atomic E-state index is 0.487. The quantitative estimate of drug-likeness (QED) is 0.904. The monoisotopic (exact) mass is 280 g/mol. The predicted octanol–water partition coefficient (Wildman–Crippen LogP) is 3.86. The van der Waals surface area contributed by atoms with Crippen molar-refractivity contribution in [3.63, 3.8) is 0 Å². The SMILES string of the molecule is CCC(C)C1CN(c2ccc(C)cc2Cl)C(C)CN1. The highest BCUT2D eigenvalue weighted by Crippen LogP contribution is 2.30. The lowest BCUT2D eigenvalue weighted by molar-refractivity contribution is 0.316. The first-order chi connectivity index (χ1) is 9.02. The van der Waals surface area contributed by atoms with Gasteiger partial charge < -0.3 is 10.2 Å². The van der Waals surface area contributed by atoms with Gasteiger partial charge in [-0.2, -0.15) is 0 Å². The highest BCUT2D eigenvalue weighted by molar-refractivity contribution is 6.33. The molecule has 2 rings (SSSR count). The molecule has 0 bridgehead atoms. The van der Waals surface area contributed by atoms with Gasteiger partial charge in [0, 0.05) is 25.2 Å². The van der Waals surface area contributed by atoms with E-state index in [0.29, 0.717) is 18.0 Å². The van der Waals surface area contributed by atoms with Crippen LogP contribution in [-0.2, 0) is 0 Å². The molecule has 1 aromatic rings. The summed E-state index contributed by atoms with van der Waals surface area (Å²) in [5.74, 6) is 0.694. The Kier molecular flexibility index (Phi) is 4.75. The Labute approximate surface area is 122 Å². The van der Waals surface area contributed by atoms with Crippen molar-refractivity contribution in [3.8, 4) is 0 Å². The summed E-state index contributed by atoms with van der Waals surface area (Å²) >= 11 is 6.43. The van der Waals surface area contributed by atoms with Gasteiger partial charge in [0.05, 0.1) is 10.7 Å². The van der Waals surface area contributed by atoms with Crippen molar-refractivity contribution in [2.75, 3.05) is 18.0 Å². The molecule has 1 saturated heterocycles. The summed E-state index contributed by atoms with van der Waals surface area (Å²) in [5.41, 5.74) is 2.39. The molecular formula is C16H25ClN2.